The number of aromatic nitrogens is 2. The molecular weight excluding hydrogens is 1230 g/mol. The highest BCUT2D eigenvalue weighted by Gasteiger charge is 2.50. The topological polar surface area (TPSA) is 433 Å². The van der Waals surface area contributed by atoms with Crippen molar-refractivity contribution >= 4 is 64.3 Å². The number of phenolic OH excluding ortho intramolecular Hbond substituents is 1. The molecule has 0 radical (unpaired) electrons. The maximum absolute atomic E-state index is 14.7. The van der Waals surface area contributed by atoms with Gasteiger partial charge in [0.2, 0.25) is 35.4 Å². The van der Waals surface area contributed by atoms with Crippen LogP contribution in [0, 0.1) is 11.8 Å². The van der Waals surface area contributed by atoms with Crippen LogP contribution in [0.4, 0.5) is 5.69 Å². The molecule has 7 amide bonds. The van der Waals surface area contributed by atoms with Crippen LogP contribution in [0.25, 0.3) is 21.1 Å². The van der Waals surface area contributed by atoms with E-state index in [-0.39, 0.29) is 36.4 Å². The largest absolute Gasteiger partial charge is 0.504 e. The van der Waals surface area contributed by atoms with Gasteiger partial charge in [-0.05, 0) is 106 Å². The van der Waals surface area contributed by atoms with E-state index in [1.807, 2.05) is 12.1 Å². The molecule has 3 aromatic carbocycles. The van der Waals surface area contributed by atoms with E-state index >= 15 is 0 Å². The van der Waals surface area contributed by atoms with Gasteiger partial charge in [0, 0.05) is 99.4 Å². The number of benzene rings is 3. The first-order chi connectivity index (χ1) is 44.4. The number of hydrogen-bond donors (Lipinski definition) is 14. The number of anilines is 1. The van der Waals surface area contributed by atoms with Gasteiger partial charge in [0.15, 0.2) is 18.1 Å². The molecule has 93 heavy (non-hydrogen) atoms. The smallest absolute Gasteiger partial charge is 0.341 e. The van der Waals surface area contributed by atoms with Crippen LogP contribution in [0.3, 0.4) is 0 Å². The molecule has 29 nitrogen and oxygen atoms in total. The zero-order valence-corrected chi connectivity index (χ0v) is 52.8. The minimum absolute atomic E-state index is 0.0345. The van der Waals surface area contributed by atoms with E-state index in [0.717, 1.165) is 72.2 Å². The summed E-state index contributed by atoms with van der Waals surface area (Å²) in [5.41, 5.74) is 8.56. The fourth-order valence-electron chi connectivity index (χ4n) is 12.8. The van der Waals surface area contributed by atoms with Gasteiger partial charge < -0.3 is 92.6 Å². The lowest BCUT2D eigenvalue weighted by Gasteiger charge is -2.42. The summed E-state index contributed by atoms with van der Waals surface area (Å²) in [6, 6.07) is 7.46. The Morgan fingerprint density at radius 3 is 1.99 bits per heavy atom. The molecule has 5 aliphatic rings. The lowest BCUT2D eigenvalue weighted by Crippen LogP contribution is -2.64. The van der Waals surface area contributed by atoms with Crippen molar-refractivity contribution in [2.75, 3.05) is 63.9 Å². The number of fused-ring (bicyclic) bond motifs is 2. The molecule has 4 aromatic rings. The fraction of sp³-hybridized carbons (Fsp3) is 0.556. The van der Waals surface area contributed by atoms with Crippen LogP contribution >= 0.6 is 11.3 Å². The number of carbonyl (C=O) groups excluding carboxylic acids is 7. The summed E-state index contributed by atoms with van der Waals surface area (Å²) in [6.07, 6.45) is -7.16. The van der Waals surface area contributed by atoms with Crippen LogP contribution in [0.2, 0.25) is 0 Å². The van der Waals surface area contributed by atoms with Crippen LogP contribution in [-0.2, 0) is 40.0 Å². The molecule has 1 saturated carbocycles. The number of nitrogens with zero attached hydrogens (tertiary/aromatic N) is 6. The third-order valence-corrected chi connectivity index (χ3v) is 19.2. The molecule has 504 valence electrons. The maximum atomic E-state index is 14.7. The third kappa shape index (κ3) is 16.9. The molecule has 1 aliphatic carbocycles. The van der Waals surface area contributed by atoms with Crippen LogP contribution in [0.1, 0.15) is 81.6 Å². The quantitative estimate of drug-likeness (QED) is 0.0579. The molecule has 0 spiro atoms. The lowest BCUT2D eigenvalue weighted by molar-refractivity contribution is -0.147. The van der Waals surface area contributed by atoms with E-state index in [2.05, 4.69) is 65.6 Å². The number of ether oxygens (including phenoxy) is 1. The predicted molar refractivity (Wildman–Crippen MR) is 336 cm³/mol. The van der Waals surface area contributed by atoms with Gasteiger partial charge in [-0.1, -0.05) is 43.4 Å². The van der Waals surface area contributed by atoms with Crippen LogP contribution in [0.15, 0.2) is 66.7 Å². The van der Waals surface area contributed by atoms with Crippen LogP contribution in [0.5, 0.6) is 11.5 Å². The van der Waals surface area contributed by atoms with Gasteiger partial charge in [-0.25, -0.2) is 4.79 Å². The number of rotatable bonds is 16. The number of β-amino-alcohol motifs (C(OH)–C–C–N with tert-alkyl or cyclic N) is 1. The first kappa shape index (κ1) is 69.4. The van der Waals surface area contributed by atoms with Gasteiger partial charge in [-0.2, -0.15) is 0 Å². The highest BCUT2D eigenvalue weighted by molar-refractivity contribution is 7.17. The molecule has 0 bridgehead atoms. The SMILES string of the molecule is CC1CCC(N2CCN(c3ccc(-c4nnc(-c5ccc(C(=O)N[C@H]6C[C@@H](O)CNC(=O)[C@@H]7[C@@H](O)[C@@H](C)CN7C(=O)[C@H]([C@H](O)CCN)NC(=O)[C@H]([C@H](O)Cc7ccc(O)c(OCC(=O)O)c7)NC(=O)[C@@H]7C[C@@H](O)CN7C(=O)[C@H]([C@@H](C)O)NC6=O)cc5)s4)cc3)CC2)CC1. The Morgan fingerprint density at radius 2 is 1.35 bits per heavy atom. The van der Waals surface area contributed by atoms with Gasteiger partial charge in [0.1, 0.15) is 46.3 Å². The van der Waals surface area contributed by atoms with Crippen molar-refractivity contribution in [2.45, 2.75) is 151 Å². The van der Waals surface area contributed by atoms with Crippen molar-refractivity contribution in [2.24, 2.45) is 17.6 Å². The third-order valence-electron chi connectivity index (χ3n) is 18.1. The van der Waals surface area contributed by atoms with Crippen molar-refractivity contribution in [1.29, 1.82) is 0 Å². The lowest BCUT2D eigenvalue weighted by atomic mass is 9.86. The summed E-state index contributed by atoms with van der Waals surface area (Å²) < 4.78 is 5.16. The maximum Gasteiger partial charge on any atom is 0.341 e. The van der Waals surface area contributed by atoms with Crippen molar-refractivity contribution < 1.29 is 83.9 Å². The van der Waals surface area contributed by atoms with Gasteiger partial charge in [-0.3, -0.25) is 38.5 Å². The zero-order chi connectivity index (χ0) is 66.9. The Bertz CT molecular complexity index is 3310. The summed E-state index contributed by atoms with van der Waals surface area (Å²) in [7, 11) is 0. The number of aliphatic carboxylic acids is 1. The second kappa shape index (κ2) is 30.9. The molecule has 13 atom stereocenters. The second-order valence-electron chi connectivity index (χ2n) is 25.0. The average molecular weight is 1310 g/mol. The van der Waals surface area contributed by atoms with Crippen LogP contribution in [-0.4, -0.2) is 251 Å². The number of aliphatic hydroxyl groups is 6. The number of amides is 7. The van der Waals surface area contributed by atoms with E-state index in [1.54, 1.807) is 12.1 Å². The summed E-state index contributed by atoms with van der Waals surface area (Å²) in [4.78, 5) is 120. The Labute approximate surface area is 540 Å². The number of aromatic hydroxyl groups is 1. The average Bonchev–Trinajstić information content (AvgIpc) is 1.72. The molecule has 1 aromatic heterocycles. The number of aliphatic hydroxyl groups excluding tert-OH is 6. The van der Waals surface area contributed by atoms with E-state index < -0.39 is 171 Å². The number of carboxylic acid groups (broad SMARTS) is 1. The Balaban J connectivity index is 0.951. The number of piperazine rings is 1. The van der Waals surface area contributed by atoms with Gasteiger partial charge in [0.05, 0.1) is 36.6 Å². The molecular formula is C63H84N12O17S. The highest BCUT2D eigenvalue weighted by Crippen LogP contribution is 2.34. The van der Waals surface area contributed by atoms with Gasteiger partial charge >= 0.3 is 5.97 Å². The summed E-state index contributed by atoms with van der Waals surface area (Å²) in [6.45, 7) is 6.29. The zero-order valence-electron chi connectivity index (χ0n) is 52.0. The minimum atomic E-state index is -2.12. The fourth-order valence-corrected chi connectivity index (χ4v) is 13.6. The van der Waals surface area contributed by atoms with E-state index in [9.17, 15) is 79.2 Å². The number of nitrogens with two attached hydrogens (primary N) is 1. The van der Waals surface area contributed by atoms with Crippen molar-refractivity contribution in [3.8, 4) is 32.6 Å². The summed E-state index contributed by atoms with van der Waals surface area (Å²) in [5, 5.41) is 110. The van der Waals surface area contributed by atoms with E-state index in [1.165, 1.54) is 62.1 Å². The van der Waals surface area contributed by atoms with Crippen molar-refractivity contribution in [1.82, 2.24) is 51.5 Å². The number of carbonyl (C=O) groups is 8. The standard InChI is InChI=1S/C63H84N12O17S/c1-32-4-13-39(14-5-32)72-20-22-73(23-21-72)40-15-11-38(12-16-40)61-71-70-60(93-61)37-9-7-36(8-10-37)55(85)66-43-26-41(77)28-65-59(89)53-54(84)33(2)29-75(53)63(91)52(46(80)18-19-64)69-58(88)51(47(81)24-35-6-17-45(79)48(25-35)92-31-49(82)83)68-57(87)44-27-42(78)30-74(44)62(90)50(34(3)76)67-56(43)86/h6-12,15-17,25,32-34,39,41-44,46-47,50-54,76-81,84H,4-5,13-14,18-24,26-31,64H2,1-3H3,(H,65,89)(H,66,85)(H,67,86)(H,68,87)(H,69,88)(H,82,83)/t32?,33-,34+,39?,41+,42+,43-,44-,46+,47+,50-,51-,52-,53-,54-/m0/s1. The van der Waals surface area contributed by atoms with Crippen molar-refractivity contribution in [3.05, 3.63) is 77.9 Å². The molecule has 5 fully saturated rings. The Kier molecular flexibility index (Phi) is 23.0. The molecule has 5 heterocycles. The van der Waals surface area contributed by atoms with E-state index in [0.29, 0.717) is 21.6 Å². The molecule has 4 aliphatic heterocycles. The molecule has 15 N–H and O–H groups in total. The number of hydrogen-bond acceptors (Lipinski definition) is 22. The van der Waals surface area contributed by atoms with Crippen LogP contribution < -0.4 is 42.0 Å². The Hall–Kier alpha value is -7.94. The predicted octanol–water partition coefficient (Wildman–Crippen LogP) is -1.96. The molecule has 9 rings (SSSR count). The first-order valence-electron chi connectivity index (χ1n) is 31.5. The van der Waals surface area contributed by atoms with E-state index in [4.69, 9.17) is 10.5 Å². The molecule has 30 heteroatoms. The Morgan fingerprint density at radius 1 is 0.731 bits per heavy atom. The minimum Gasteiger partial charge on any atom is -0.504 e. The number of phenols is 1. The van der Waals surface area contributed by atoms with Gasteiger partial charge in [-0.15, -0.1) is 10.2 Å². The second-order valence-corrected chi connectivity index (χ2v) is 26.0. The van der Waals surface area contributed by atoms with Gasteiger partial charge in [0.25, 0.3) is 5.91 Å². The molecule has 4 saturated heterocycles. The van der Waals surface area contributed by atoms with Crippen molar-refractivity contribution in [3.63, 3.8) is 0 Å². The number of nitrogens with one attached hydrogen (secondary N) is 5. The first-order valence-corrected chi connectivity index (χ1v) is 32.3. The number of carboxylic acids is 1. The highest BCUT2D eigenvalue weighted by atomic mass is 32.1. The molecule has 0 unspecified atom stereocenters. The monoisotopic (exact) mass is 1310 g/mol. The normalized spacial score (nSPS) is 28.3. The summed E-state index contributed by atoms with van der Waals surface area (Å²) in [5.74, 6) is -9.98. The summed E-state index contributed by atoms with van der Waals surface area (Å²) >= 11 is 1.34.